The molecule has 1 saturated heterocycles. The summed E-state index contributed by atoms with van der Waals surface area (Å²) in [5.41, 5.74) is 5.42. The summed E-state index contributed by atoms with van der Waals surface area (Å²) in [6.45, 7) is 3.66. The normalized spacial score (nSPS) is 20.6. The number of sulfonamides is 1. The van der Waals surface area contributed by atoms with Gasteiger partial charge in [0, 0.05) is 25.8 Å². The Labute approximate surface area is 120 Å². The number of likely N-dealkylation sites (tertiary alicyclic amines) is 1. The highest BCUT2D eigenvalue weighted by Crippen LogP contribution is 2.14. The van der Waals surface area contributed by atoms with Crippen molar-refractivity contribution in [2.45, 2.75) is 24.3 Å². The van der Waals surface area contributed by atoms with Gasteiger partial charge in [-0.1, -0.05) is 0 Å². The fourth-order valence-electron chi connectivity index (χ4n) is 2.36. The van der Waals surface area contributed by atoms with E-state index in [1.807, 2.05) is 0 Å². The van der Waals surface area contributed by atoms with E-state index in [1.54, 1.807) is 10.9 Å². The predicted octanol–water partition coefficient (Wildman–Crippen LogP) is -0.538. The number of aryl methyl sites for hydroxylation is 1. The van der Waals surface area contributed by atoms with E-state index in [4.69, 9.17) is 5.73 Å². The monoisotopic (exact) mass is 301 g/mol. The average molecular weight is 301 g/mol. The third kappa shape index (κ3) is 4.02. The zero-order valence-corrected chi connectivity index (χ0v) is 12.6. The second-order valence-electron chi connectivity index (χ2n) is 5.35. The van der Waals surface area contributed by atoms with Crippen molar-refractivity contribution >= 4 is 10.0 Å². The van der Waals surface area contributed by atoms with Crippen LogP contribution in [0.4, 0.5) is 0 Å². The van der Waals surface area contributed by atoms with E-state index < -0.39 is 10.0 Å². The van der Waals surface area contributed by atoms with Gasteiger partial charge in [0.1, 0.15) is 4.90 Å². The van der Waals surface area contributed by atoms with E-state index in [1.165, 1.54) is 6.20 Å². The molecule has 1 aliphatic heterocycles. The molecule has 0 spiro atoms. The Kier molecular flexibility index (Phi) is 5.14. The molecule has 1 aromatic heterocycles. The van der Waals surface area contributed by atoms with Gasteiger partial charge in [-0.05, 0) is 38.9 Å². The standard InChI is InChI=1S/C12H23N5O2S/c1-16-6-3-11(9-16)7-15-20(18,19)12-8-14-17(10-12)5-2-4-13/h8,10-11,15H,2-7,9,13H2,1H3. The predicted molar refractivity (Wildman–Crippen MR) is 76.7 cm³/mol. The van der Waals surface area contributed by atoms with Crippen LogP contribution < -0.4 is 10.5 Å². The lowest BCUT2D eigenvalue weighted by atomic mass is 10.1. The highest BCUT2D eigenvalue weighted by atomic mass is 32.2. The lowest BCUT2D eigenvalue weighted by Crippen LogP contribution is -2.30. The number of hydrogen-bond acceptors (Lipinski definition) is 5. The van der Waals surface area contributed by atoms with Crippen LogP contribution in [0.3, 0.4) is 0 Å². The first-order chi connectivity index (χ1) is 9.51. The van der Waals surface area contributed by atoms with Gasteiger partial charge >= 0.3 is 0 Å². The number of nitrogens with two attached hydrogens (primary N) is 1. The van der Waals surface area contributed by atoms with Crippen molar-refractivity contribution in [3.05, 3.63) is 12.4 Å². The second kappa shape index (κ2) is 6.66. The van der Waals surface area contributed by atoms with Gasteiger partial charge in [-0.2, -0.15) is 5.10 Å². The van der Waals surface area contributed by atoms with Gasteiger partial charge in [0.15, 0.2) is 0 Å². The molecule has 2 rings (SSSR count). The maximum Gasteiger partial charge on any atom is 0.243 e. The smallest absolute Gasteiger partial charge is 0.243 e. The SMILES string of the molecule is CN1CCC(CNS(=O)(=O)c2cnn(CCCN)c2)C1. The molecule has 0 aromatic carbocycles. The van der Waals surface area contributed by atoms with Crippen LogP contribution in [0, 0.1) is 5.92 Å². The Morgan fingerprint density at radius 1 is 1.55 bits per heavy atom. The molecule has 2 heterocycles. The lowest BCUT2D eigenvalue weighted by Gasteiger charge is -2.11. The Bertz CT molecular complexity index is 528. The van der Waals surface area contributed by atoms with Crippen molar-refractivity contribution in [3.63, 3.8) is 0 Å². The zero-order valence-electron chi connectivity index (χ0n) is 11.8. The maximum atomic E-state index is 12.2. The van der Waals surface area contributed by atoms with Crippen molar-refractivity contribution in [1.82, 2.24) is 19.4 Å². The van der Waals surface area contributed by atoms with Crippen LogP contribution in [0.5, 0.6) is 0 Å². The summed E-state index contributed by atoms with van der Waals surface area (Å²) in [4.78, 5) is 2.44. The highest BCUT2D eigenvalue weighted by molar-refractivity contribution is 7.89. The molecular formula is C12H23N5O2S. The molecule has 0 saturated carbocycles. The molecule has 0 amide bonds. The number of nitrogens with zero attached hydrogens (tertiary/aromatic N) is 3. The minimum absolute atomic E-state index is 0.223. The fourth-order valence-corrected chi connectivity index (χ4v) is 3.43. The van der Waals surface area contributed by atoms with Crippen LogP contribution in [0.25, 0.3) is 0 Å². The summed E-state index contributed by atoms with van der Waals surface area (Å²) < 4.78 is 28.6. The number of aromatic nitrogens is 2. The van der Waals surface area contributed by atoms with Crippen LogP contribution >= 0.6 is 0 Å². The van der Waals surface area contributed by atoms with Gasteiger partial charge in [-0.15, -0.1) is 0 Å². The number of rotatable bonds is 7. The third-order valence-electron chi connectivity index (χ3n) is 3.56. The van der Waals surface area contributed by atoms with Crippen LogP contribution in [0.15, 0.2) is 17.3 Å². The fraction of sp³-hybridized carbons (Fsp3) is 0.750. The van der Waals surface area contributed by atoms with Gasteiger partial charge in [0.2, 0.25) is 10.0 Å². The molecule has 0 bridgehead atoms. The number of hydrogen-bond donors (Lipinski definition) is 2. The van der Waals surface area contributed by atoms with Gasteiger partial charge < -0.3 is 10.6 Å². The Morgan fingerprint density at radius 2 is 2.35 bits per heavy atom. The molecule has 0 radical (unpaired) electrons. The van der Waals surface area contributed by atoms with Gasteiger partial charge in [-0.3, -0.25) is 4.68 Å². The van der Waals surface area contributed by atoms with Crippen molar-refractivity contribution in [2.24, 2.45) is 11.7 Å². The van der Waals surface area contributed by atoms with E-state index >= 15 is 0 Å². The molecule has 20 heavy (non-hydrogen) atoms. The third-order valence-corrected chi connectivity index (χ3v) is 4.94. The molecular weight excluding hydrogens is 278 g/mol. The van der Waals surface area contributed by atoms with Gasteiger partial charge in [0.05, 0.1) is 6.20 Å². The summed E-state index contributed by atoms with van der Waals surface area (Å²) in [6.07, 6.45) is 4.76. The highest BCUT2D eigenvalue weighted by Gasteiger charge is 2.23. The van der Waals surface area contributed by atoms with Crippen molar-refractivity contribution < 1.29 is 8.42 Å². The van der Waals surface area contributed by atoms with Gasteiger partial charge in [-0.25, -0.2) is 13.1 Å². The summed E-state index contributed by atoms with van der Waals surface area (Å²) in [7, 11) is -1.40. The molecule has 1 aromatic rings. The van der Waals surface area contributed by atoms with E-state index in [0.717, 1.165) is 25.9 Å². The molecule has 7 nitrogen and oxygen atoms in total. The molecule has 1 atom stereocenters. The molecule has 1 fully saturated rings. The van der Waals surface area contributed by atoms with Crippen molar-refractivity contribution in [3.8, 4) is 0 Å². The molecule has 8 heteroatoms. The number of nitrogens with one attached hydrogen (secondary N) is 1. The minimum Gasteiger partial charge on any atom is -0.330 e. The summed E-state index contributed by atoms with van der Waals surface area (Å²) in [5.74, 6) is 0.391. The van der Waals surface area contributed by atoms with Crippen LogP contribution in [-0.4, -0.2) is 56.3 Å². The van der Waals surface area contributed by atoms with Crippen LogP contribution in [0.2, 0.25) is 0 Å². The topological polar surface area (TPSA) is 93.2 Å². The summed E-state index contributed by atoms with van der Waals surface area (Å²) in [6, 6.07) is 0. The minimum atomic E-state index is -3.45. The molecule has 0 aliphatic carbocycles. The first-order valence-corrected chi connectivity index (χ1v) is 8.40. The van der Waals surface area contributed by atoms with E-state index in [2.05, 4.69) is 21.8 Å². The van der Waals surface area contributed by atoms with Crippen LogP contribution in [-0.2, 0) is 16.6 Å². The second-order valence-corrected chi connectivity index (χ2v) is 7.12. The van der Waals surface area contributed by atoms with E-state index in [9.17, 15) is 8.42 Å². The Hall–Kier alpha value is -0.960. The van der Waals surface area contributed by atoms with E-state index in [-0.39, 0.29) is 4.90 Å². The van der Waals surface area contributed by atoms with Crippen molar-refractivity contribution in [1.29, 1.82) is 0 Å². The largest absolute Gasteiger partial charge is 0.330 e. The summed E-state index contributed by atoms with van der Waals surface area (Å²) in [5, 5.41) is 4.05. The lowest BCUT2D eigenvalue weighted by molar-refractivity contribution is 0.394. The molecule has 1 unspecified atom stereocenters. The molecule has 114 valence electrons. The zero-order chi connectivity index (χ0) is 14.6. The van der Waals surface area contributed by atoms with Gasteiger partial charge in [0.25, 0.3) is 0 Å². The maximum absolute atomic E-state index is 12.2. The summed E-state index contributed by atoms with van der Waals surface area (Å²) >= 11 is 0. The van der Waals surface area contributed by atoms with Crippen molar-refractivity contribution in [2.75, 3.05) is 33.2 Å². The Morgan fingerprint density at radius 3 is 3.00 bits per heavy atom. The average Bonchev–Trinajstić information content (AvgIpc) is 3.03. The molecule has 3 N–H and O–H groups in total. The Balaban J connectivity index is 1.90. The first kappa shape index (κ1) is 15.4. The van der Waals surface area contributed by atoms with E-state index in [0.29, 0.717) is 25.6 Å². The quantitative estimate of drug-likeness (QED) is 0.705. The molecule has 1 aliphatic rings. The first-order valence-electron chi connectivity index (χ1n) is 6.92. The van der Waals surface area contributed by atoms with Crippen LogP contribution in [0.1, 0.15) is 12.8 Å².